The van der Waals surface area contributed by atoms with Crippen LogP contribution in [0.1, 0.15) is 18.5 Å². The number of thioether (sulfide) groups is 1. The lowest BCUT2D eigenvalue weighted by molar-refractivity contribution is 0.0472. The van der Waals surface area contributed by atoms with Gasteiger partial charge in [-0.25, -0.2) is 0 Å². The number of likely N-dealkylation sites (N-methyl/N-ethyl adjacent to an activating group) is 1. The molecule has 3 rings (SSSR count). The molecule has 1 aliphatic rings. The lowest BCUT2D eigenvalue weighted by atomic mass is 10.00. The van der Waals surface area contributed by atoms with Crippen molar-refractivity contribution in [3.05, 3.63) is 42.1 Å². The fourth-order valence-corrected chi connectivity index (χ4v) is 3.57. The standard InChI is InChI=1S/C16H20N2OS/c1-2-17-16(15-11-20-9-8-19-15)13-5-6-14-12(10-13)4-3-7-18-14/h3-7,10,15-17H,2,8-9,11H2,1H3. The van der Waals surface area contributed by atoms with Gasteiger partial charge in [0.2, 0.25) is 0 Å². The van der Waals surface area contributed by atoms with Crippen molar-refractivity contribution in [2.24, 2.45) is 0 Å². The first-order chi connectivity index (χ1) is 9.88. The highest BCUT2D eigenvalue weighted by atomic mass is 32.2. The number of nitrogens with zero attached hydrogens (tertiary/aromatic N) is 1. The number of nitrogens with one attached hydrogen (secondary N) is 1. The Kier molecular flexibility index (Phi) is 4.55. The van der Waals surface area contributed by atoms with E-state index in [1.807, 2.05) is 24.0 Å². The first-order valence-electron chi connectivity index (χ1n) is 7.16. The van der Waals surface area contributed by atoms with Gasteiger partial charge >= 0.3 is 0 Å². The molecule has 1 saturated heterocycles. The van der Waals surface area contributed by atoms with Crippen LogP contribution < -0.4 is 5.32 Å². The van der Waals surface area contributed by atoms with E-state index < -0.39 is 0 Å². The van der Waals surface area contributed by atoms with Crippen LogP contribution in [-0.2, 0) is 4.74 Å². The fraction of sp³-hybridized carbons (Fsp3) is 0.438. The van der Waals surface area contributed by atoms with E-state index in [2.05, 4.69) is 41.5 Å². The second-order valence-corrected chi connectivity index (χ2v) is 6.12. The van der Waals surface area contributed by atoms with Crippen LogP contribution in [0.25, 0.3) is 10.9 Å². The van der Waals surface area contributed by atoms with E-state index in [0.29, 0.717) is 0 Å². The molecule has 3 nitrogen and oxygen atoms in total. The zero-order chi connectivity index (χ0) is 13.8. The molecule has 0 radical (unpaired) electrons. The number of fused-ring (bicyclic) bond motifs is 1. The maximum atomic E-state index is 5.96. The van der Waals surface area contributed by atoms with E-state index in [4.69, 9.17) is 4.74 Å². The Morgan fingerprint density at radius 3 is 3.20 bits per heavy atom. The summed E-state index contributed by atoms with van der Waals surface area (Å²) in [5, 5.41) is 4.77. The summed E-state index contributed by atoms with van der Waals surface area (Å²) in [5.74, 6) is 2.17. The Hall–Kier alpha value is -1.10. The van der Waals surface area contributed by atoms with Crippen LogP contribution in [-0.4, -0.2) is 35.7 Å². The van der Waals surface area contributed by atoms with Crippen LogP contribution in [0.5, 0.6) is 0 Å². The van der Waals surface area contributed by atoms with Crippen molar-refractivity contribution in [1.29, 1.82) is 0 Å². The molecule has 2 atom stereocenters. The summed E-state index contributed by atoms with van der Waals surface area (Å²) in [4.78, 5) is 4.38. The van der Waals surface area contributed by atoms with Crippen molar-refractivity contribution in [2.45, 2.75) is 19.1 Å². The van der Waals surface area contributed by atoms with Crippen LogP contribution in [0, 0.1) is 0 Å². The van der Waals surface area contributed by atoms with E-state index in [-0.39, 0.29) is 12.1 Å². The first kappa shape index (κ1) is 13.9. The second kappa shape index (κ2) is 6.57. The number of aromatic nitrogens is 1. The molecule has 20 heavy (non-hydrogen) atoms. The van der Waals surface area contributed by atoms with Gasteiger partial charge in [-0.1, -0.05) is 19.1 Å². The van der Waals surface area contributed by atoms with Gasteiger partial charge in [0.15, 0.2) is 0 Å². The summed E-state index contributed by atoms with van der Waals surface area (Å²) < 4.78 is 5.96. The molecule has 0 amide bonds. The molecule has 2 heterocycles. The number of rotatable bonds is 4. The minimum absolute atomic E-state index is 0.253. The van der Waals surface area contributed by atoms with E-state index in [1.165, 1.54) is 10.9 Å². The minimum Gasteiger partial charge on any atom is -0.375 e. The number of ether oxygens (including phenoxy) is 1. The lowest BCUT2D eigenvalue weighted by Crippen LogP contribution is -2.38. The highest BCUT2D eigenvalue weighted by molar-refractivity contribution is 7.99. The summed E-state index contributed by atoms with van der Waals surface area (Å²) in [7, 11) is 0. The summed E-state index contributed by atoms with van der Waals surface area (Å²) in [6.07, 6.45) is 2.09. The molecule has 1 aromatic carbocycles. The van der Waals surface area contributed by atoms with Crippen molar-refractivity contribution >= 4 is 22.7 Å². The normalized spacial score (nSPS) is 20.9. The third kappa shape index (κ3) is 2.97. The monoisotopic (exact) mass is 288 g/mol. The zero-order valence-corrected chi connectivity index (χ0v) is 12.5. The Morgan fingerprint density at radius 2 is 2.40 bits per heavy atom. The molecule has 0 aliphatic carbocycles. The third-order valence-corrected chi connectivity index (χ3v) is 4.64. The van der Waals surface area contributed by atoms with Crippen LogP contribution in [0.3, 0.4) is 0 Å². The van der Waals surface area contributed by atoms with Gasteiger partial charge in [0, 0.05) is 23.1 Å². The van der Waals surface area contributed by atoms with Gasteiger partial charge in [-0.15, -0.1) is 0 Å². The maximum Gasteiger partial charge on any atom is 0.0860 e. The SMILES string of the molecule is CCNC(c1ccc2ncccc2c1)C1CSCCO1. The fourth-order valence-electron chi connectivity index (χ4n) is 2.67. The summed E-state index contributed by atoms with van der Waals surface area (Å²) >= 11 is 1.98. The predicted octanol–water partition coefficient (Wildman–Crippen LogP) is 3.02. The molecule has 1 N–H and O–H groups in total. The van der Waals surface area contributed by atoms with Crippen molar-refractivity contribution in [3.8, 4) is 0 Å². The minimum atomic E-state index is 0.253. The largest absolute Gasteiger partial charge is 0.375 e. The quantitative estimate of drug-likeness (QED) is 0.938. The molecule has 0 bridgehead atoms. The molecule has 106 valence electrons. The summed E-state index contributed by atoms with van der Waals surface area (Å²) in [5.41, 5.74) is 2.34. The maximum absolute atomic E-state index is 5.96. The zero-order valence-electron chi connectivity index (χ0n) is 11.7. The predicted molar refractivity (Wildman–Crippen MR) is 85.2 cm³/mol. The molecule has 4 heteroatoms. The number of pyridine rings is 1. The van der Waals surface area contributed by atoms with Crippen molar-refractivity contribution in [1.82, 2.24) is 10.3 Å². The molecule has 1 aliphatic heterocycles. The van der Waals surface area contributed by atoms with Gasteiger partial charge in [0.25, 0.3) is 0 Å². The number of hydrogen-bond acceptors (Lipinski definition) is 4. The molecule has 0 saturated carbocycles. The summed E-state index contributed by atoms with van der Waals surface area (Å²) in [6.45, 7) is 3.94. The Balaban J connectivity index is 1.91. The average Bonchev–Trinajstić information content (AvgIpc) is 2.53. The topological polar surface area (TPSA) is 34.2 Å². The number of hydrogen-bond donors (Lipinski definition) is 1. The Morgan fingerprint density at radius 1 is 1.45 bits per heavy atom. The van der Waals surface area contributed by atoms with Crippen molar-refractivity contribution in [2.75, 3.05) is 24.7 Å². The van der Waals surface area contributed by atoms with Gasteiger partial charge in [0.05, 0.1) is 24.3 Å². The molecule has 1 aromatic heterocycles. The average molecular weight is 288 g/mol. The van der Waals surface area contributed by atoms with E-state index in [1.54, 1.807) is 0 Å². The van der Waals surface area contributed by atoms with Gasteiger partial charge in [0.1, 0.15) is 0 Å². The van der Waals surface area contributed by atoms with E-state index >= 15 is 0 Å². The molecule has 2 aromatic rings. The molecule has 2 unspecified atom stereocenters. The summed E-state index contributed by atoms with van der Waals surface area (Å²) in [6, 6.07) is 10.9. The Bertz CT molecular complexity index is 569. The van der Waals surface area contributed by atoms with Crippen LogP contribution >= 0.6 is 11.8 Å². The van der Waals surface area contributed by atoms with Gasteiger partial charge < -0.3 is 10.1 Å². The highest BCUT2D eigenvalue weighted by Crippen LogP contribution is 2.27. The number of benzene rings is 1. The van der Waals surface area contributed by atoms with E-state index in [9.17, 15) is 0 Å². The second-order valence-electron chi connectivity index (χ2n) is 4.98. The van der Waals surface area contributed by atoms with Crippen molar-refractivity contribution < 1.29 is 4.74 Å². The molecule has 0 spiro atoms. The first-order valence-corrected chi connectivity index (χ1v) is 8.31. The van der Waals surface area contributed by atoms with E-state index in [0.717, 1.165) is 30.2 Å². The van der Waals surface area contributed by atoms with Gasteiger partial charge in [-0.3, -0.25) is 4.98 Å². The smallest absolute Gasteiger partial charge is 0.0860 e. The van der Waals surface area contributed by atoms with Crippen molar-refractivity contribution in [3.63, 3.8) is 0 Å². The van der Waals surface area contributed by atoms with Gasteiger partial charge in [-0.2, -0.15) is 11.8 Å². The Labute approximate surface area is 124 Å². The molecular weight excluding hydrogens is 268 g/mol. The lowest BCUT2D eigenvalue weighted by Gasteiger charge is -2.31. The third-order valence-electron chi connectivity index (χ3n) is 3.62. The highest BCUT2D eigenvalue weighted by Gasteiger charge is 2.25. The molecular formula is C16H20N2OS. The van der Waals surface area contributed by atoms with Gasteiger partial charge in [-0.05, 0) is 30.3 Å². The van der Waals surface area contributed by atoms with Crippen LogP contribution in [0.15, 0.2) is 36.5 Å². The van der Waals surface area contributed by atoms with Crippen LogP contribution in [0.4, 0.5) is 0 Å². The van der Waals surface area contributed by atoms with Crippen LogP contribution in [0.2, 0.25) is 0 Å². The molecule has 1 fully saturated rings.